The van der Waals surface area contributed by atoms with Gasteiger partial charge in [-0.05, 0) is 37.5 Å². The Morgan fingerprint density at radius 3 is 2.62 bits per heavy atom. The molecule has 1 fully saturated rings. The summed E-state index contributed by atoms with van der Waals surface area (Å²) in [6.07, 6.45) is 6.95. The Morgan fingerprint density at radius 1 is 1.19 bits per heavy atom. The number of hydrogen-bond donors (Lipinski definition) is 0. The number of ether oxygens (including phenoxy) is 2. The molecule has 2 atom stereocenters. The standard InChI is InChI=1S/C19H26O2/c1-4-5-12-19(15-9-7-6-8-10-15)14-16-17(21-19)11-13-20-18(16,2)3/h6-10,14,17H,4-5,11-13H2,1-3H3/t17-,19-/m0/s1. The Morgan fingerprint density at radius 2 is 1.95 bits per heavy atom. The van der Waals surface area contributed by atoms with Crippen molar-refractivity contribution in [3.05, 3.63) is 47.5 Å². The molecule has 0 N–H and O–H groups in total. The number of unbranched alkanes of at least 4 members (excludes halogenated alkanes) is 1. The zero-order valence-corrected chi connectivity index (χ0v) is 13.4. The molecule has 1 saturated heterocycles. The minimum Gasteiger partial charge on any atom is -0.371 e. The lowest BCUT2D eigenvalue weighted by atomic mass is 9.84. The van der Waals surface area contributed by atoms with Crippen LogP contribution in [0.15, 0.2) is 42.0 Å². The second-order valence-corrected chi connectivity index (χ2v) is 6.71. The highest BCUT2D eigenvalue weighted by Gasteiger charge is 2.47. The molecule has 21 heavy (non-hydrogen) atoms. The molecule has 0 aliphatic carbocycles. The number of hydrogen-bond acceptors (Lipinski definition) is 2. The third-order valence-corrected chi connectivity index (χ3v) is 4.79. The maximum absolute atomic E-state index is 6.60. The van der Waals surface area contributed by atoms with Crippen LogP contribution in [0.1, 0.15) is 52.0 Å². The Kier molecular flexibility index (Phi) is 3.94. The van der Waals surface area contributed by atoms with Gasteiger partial charge < -0.3 is 9.47 Å². The largest absolute Gasteiger partial charge is 0.371 e. The van der Waals surface area contributed by atoms with Gasteiger partial charge in [0, 0.05) is 6.42 Å². The number of rotatable bonds is 4. The number of fused-ring (bicyclic) bond motifs is 1. The quantitative estimate of drug-likeness (QED) is 0.753. The maximum atomic E-state index is 6.60. The van der Waals surface area contributed by atoms with Gasteiger partial charge in [0.2, 0.25) is 0 Å². The van der Waals surface area contributed by atoms with E-state index in [0.717, 1.165) is 19.4 Å². The van der Waals surface area contributed by atoms with E-state index in [4.69, 9.17) is 9.47 Å². The summed E-state index contributed by atoms with van der Waals surface area (Å²) in [7, 11) is 0. The van der Waals surface area contributed by atoms with E-state index in [2.05, 4.69) is 57.2 Å². The van der Waals surface area contributed by atoms with Gasteiger partial charge in [-0.15, -0.1) is 0 Å². The molecule has 0 aromatic heterocycles. The van der Waals surface area contributed by atoms with Crippen molar-refractivity contribution in [2.45, 2.75) is 63.8 Å². The maximum Gasteiger partial charge on any atom is 0.112 e. The fourth-order valence-electron chi connectivity index (χ4n) is 3.56. The summed E-state index contributed by atoms with van der Waals surface area (Å²) in [5.74, 6) is 0. The molecule has 2 aliphatic rings. The van der Waals surface area contributed by atoms with Crippen molar-refractivity contribution in [3.8, 4) is 0 Å². The Hall–Kier alpha value is -1.12. The second kappa shape index (κ2) is 5.58. The van der Waals surface area contributed by atoms with E-state index in [9.17, 15) is 0 Å². The van der Waals surface area contributed by atoms with Crippen LogP contribution in [0.3, 0.4) is 0 Å². The van der Waals surface area contributed by atoms with E-state index < -0.39 is 0 Å². The normalized spacial score (nSPS) is 30.8. The van der Waals surface area contributed by atoms with Gasteiger partial charge in [0.05, 0.1) is 18.3 Å². The molecule has 0 saturated carbocycles. The van der Waals surface area contributed by atoms with Gasteiger partial charge in [-0.1, -0.05) is 50.1 Å². The molecule has 3 rings (SSSR count). The summed E-state index contributed by atoms with van der Waals surface area (Å²) in [6, 6.07) is 10.7. The van der Waals surface area contributed by atoms with Gasteiger partial charge in [-0.3, -0.25) is 0 Å². The van der Waals surface area contributed by atoms with Crippen molar-refractivity contribution in [1.82, 2.24) is 0 Å². The first-order valence-electron chi connectivity index (χ1n) is 8.18. The summed E-state index contributed by atoms with van der Waals surface area (Å²) >= 11 is 0. The molecule has 2 heterocycles. The molecule has 0 radical (unpaired) electrons. The van der Waals surface area contributed by atoms with E-state index >= 15 is 0 Å². The van der Waals surface area contributed by atoms with Crippen LogP contribution in [-0.2, 0) is 15.1 Å². The molecule has 1 aromatic carbocycles. The van der Waals surface area contributed by atoms with E-state index in [1.165, 1.54) is 24.0 Å². The summed E-state index contributed by atoms with van der Waals surface area (Å²) in [4.78, 5) is 0. The smallest absolute Gasteiger partial charge is 0.112 e. The molecule has 0 unspecified atom stereocenters. The molecule has 2 aliphatic heterocycles. The minimum absolute atomic E-state index is 0.203. The van der Waals surface area contributed by atoms with Crippen LogP contribution in [0.25, 0.3) is 0 Å². The first kappa shape index (κ1) is 14.8. The van der Waals surface area contributed by atoms with Crippen LogP contribution in [0, 0.1) is 0 Å². The minimum atomic E-state index is -0.262. The summed E-state index contributed by atoms with van der Waals surface area (Å²) < 4.78 is 12.6. The summed E-state index contributed by atoms with van der Waals surface area (Å²) in [5.41, 5.74) is 2.14. The topological polar surface area (TPSA) is 18.5 Å². The van der Waals surface area contributed by atoms with Gasteiger partial charge in [0.15, 0.2) is 0 Å². The Labute approximate surface area is 128 Å². The first-order chi connectivity index (χ1) is 10.1. The lowest BCUT2D eigenvalue weighted by Gasteiger charge is -2.36. The molecular weight excluding hydrogens is 260 g/mol. The van der Waals surface area contributed by atoms with E-state index in [0.29, 0.717) is 0 Å². The molecule has 2 heteroatoms. The van der Waals surface area contributed by atoms with Gasteiger partial charge in [0.1, 0.15) is 5.60 Å². The lowest BCUT2D eigenvalue weighted by molar-refractivity contribution is -0.0947. The highest BCUT2D eigenvalue weighted by Crippen LogP contribution is 2.47. The third kappa shape index (κ3) is 2.67. The summed E-state index contributed by atoms with van der Waals surface area (Å²) in [5, 5.41) is 0. The van der Waals surface area contributed by atoms with E-state index in [1.807, 2.05) is 0 Å². The van der Waals surface area contributed by atoms with Crippen molar-refractivity contribution < 1.29 is 9.47 Å². The van der Waals surface area contributed by atoms with Crippen molar-refractivity contribution in [3.63, 3.8) is 0 Å². The van der Waals surface area contributed by atoms with E-state index in [-0.39, 0.29) is 17.3 Å². The zero-order valence-electron chi connectivity index (χ0n) is 13.4. The third-order valence-electron chi connectivity index (χ3n) is 4.79. The average Bonchev–Trinajstić information content (AvgIpc) is 2.88. The molecule has 1 aromatic rings. The fourth-order valence-corrected chi connectivity index (χ4v) is 3.56. The van der Waals surface area contributed by atoms with Crippen molar-refractivity contribution in [2.24, 2.45) is 0 Å². The van der Waals surface area contributed by atoms with Crippen molar-refractivity contribution in [1.29, 1.82) is 0 Å². The molecule has 114 valence electrons. The van der Waals surface area contributed by atoms with E-state index in [1.54, 1.807) is 0 Å². The lowest BCUT2D eigenvalue weighted by Crippen LogP contribution is -2.39. The first-order valence-corrected chi connectivity index (χ1v) is 8.18. The summed E-state index contributed by atoms with van der Waals surface area (Å²) in [6.45, 7) is 7.35. The molecule has 2 nitrogen and oxygen atoms in total. The average molecular weight is 286 g/mol. The Bertz CT molecular complexity index is 518. The van der Waals surface area contributed by atoms with Crippen LogP contribution < -0.4 is 0 Å². The zero-order chi connectivity index (χ0) is 14.9. The Balaban J connectivity index is 2.00. The van der Waals surface area contributed by atoms with Crippen molar-refractivity contribution in [2.75, 3.05) is 6.61 Å². The van der Waals surface area contributed by atoms with Crippen LogP contribution in [0.4, 0.5) is 0 Å². The SMILES string of the molecule is CCCC[C@@]1(c2ccccc2)C=C2[C@H](CCOC2(C)C)O1. The molecular formula is C19H26O2. The van der Waals surface area contributed by atoms with Gasteiger partial charge in [-0.2, -0.15) is 0 Å². The van der Waals surface area contributed by atoms with Crippen LogP contribution in [0.2, 0.25) is 0 Å². The van der Waals surface area contributed by atoms with Crippen molar-refractivity contribution >= 4 is 0 Å². The van der Waals surface area contributed by atoms with Crippen LogP contribution in [0.5, 0.6) is 0 Å². The fraction of sp³-hybridized carbons (Fsp3) is 0.579. The van der Waals surface area contributed by atoms with Gasteiger partial charge >= 0.3 is 0 Å². The highest BCUT2D eigenvalue weighted by molar-refractivity contribution is 5.37. The monoisotopic (exact) mass is 286 g/mol. The predicted molar refractivity (Wildman–Crippen MR) is 85.2 cm³/mol. The molecule has 0 bridgehead atoms. The highest BCUT2D eigenvalue weighted by atomic mass is 16.5. The molecule has 0 spiro atoms. The van der Waals surface area contributed by atoms with Gasteiger partial charge in [0.25, 0.3) is 0 Å². The second-order valence-electron chi connectivity index (χ2n) is 6.71. The molecule has 0 amide bonds. The number of benzene rings is 1. The van der Waals surface area contributed by atoms with Gasteiger partial charge in [-0.25, -0.2) is 0 Å². The van der Waals surface area contributed by atoms with Crippen LogP contribution >= 0.6 is 0 Å². The predicted octanol–water partition coefficient (Wildman–Crippen LogP) is 4.60. The van der Waals surface area contributed by atoms with Crippen LogP contribution in [-0.4, -0.2) is 18.3 Å².